The van der Waals surface area contributed by atoms with Crippen LogP contribution in [-0.2, 0) is 16.0 Å². The van der Waals surface area contributed by atoms with E-state index in [1.165, 1.54) is 6.33 Å². The van der Waals surface area contributed by atoms with E-state index < -0.39 is 5.97 Å². The fraction of sp³-hybridized carbons (Fsp3) is 0.500. The van der Waals surface area contributed by atoms with Crippen molar-refractivity contribution in [2.45, 2.75) is 19.3 Å². The van der Waals surface area contributed by atoms with E-state index in [0.717, 1.165) is 0 Å². The number of aromatic nitrogens is 3. The van der Waals surface area contributed by atoms with Gasteiger partial charge in [0.05, 0.1) is 6.42 Å². The van der Waals surface area contributed by atoms with Crippen molar-refractivity contribution in [2.75, 3.05) is 6.54 Å². The predicted molar refractivity (Wildman–Crippen MR) is 50.0 cm³/mol. The van der Waals surface area contributed by atoms with E-state index >= 15 is 0 Å². The van der Waals surface area contributed by atoms with Crippen molar-refractivity contribution in [3.63, 3.8) is 0 Å². The number of nitrogens with zero attached hydrogens (tertiary/aromatic N) is 2. The van der Waals surface area contributed by atoms with Gasteiger partial charge >= 0.3 is 5.97 Å². The number of amides is 1. The van der Waals surface area contributed by atoms with Crippen molar-refractivity contribution in [3.8, 4) is 0 Å². The van der Waals surface area contributed by atoms with Gasteiger partial charge in [0.25, 0.3) is 0 Å². The summed E-state index contributed by atoms with van der Waals surface area (Å²) in [5.74, 6) is -0.550. The van der Waals surface area contributed by atoms with Gasteiger partial charge in [0.15, 0.2) is 0 Å². The molecule has 1 heterocycles. The Bertz CT molecular complexity index is 323. The molecule has 0 aliphatic carbocycles. The van der Waals surface area contributed by atoms with E-state index in [0.29, 0.717) is 18.8 Å². The first-order valence-corrected chi connectivity index (χ1v) is 4.51. The summed E-state index contributed by atoms with van der Waals surface area (Å²) in [4.78, 5) is 25.1. The summed E-state index contributed by atoms with van der Waals surface area (Å²) in [6.07, 6.45) is 1.81. The zero-order valence-electron chi connectivity index (χ0n) is 8.06. The average molecular weight is 212 g/mol. The van der Waals surface area contributed by atoms with Crippen LogP contribution < -0.4 is 5.32 Å². The number of rotatable bonds is 6. The highest BCUT2D eigenvalue weighted by Gasteiger charge is 2.04. The third-order valence-electron chi connectivity index (χ3n) is 1.71. The Kier molecular flexibility index (Phi) is 4.27. The van der Waals surface area contributed by atoms with Gasteiger partial charge in [0.2, 0.25) is 5.91 Å². The van der Waals surface area contributed by atoms with Crippen LogP contribution in [0.15, 0.2) is 6.33 Å². The number of nitrogens with one attached hydrogen (secondary N) is 2. The molecule has 0 aromatic carbocycles. The van der Waals surface area contributed by atoms with Crippen LogP contribution in [0.2, 0.25) is 0 Å². The molecule has 0 aliphatic heterocycles. The SMILES string of the molecule is O=C(O)CCC(=O)NCCc1ncn[nH]1. The molecule has 0 atom stereocenters. The topological polar surface area (TPSA) is 108 Å². The zero-order chi connectivity index (χ0) is 11.1. The number of carboxylic acid groups (broad SMARTS) is 1. The lowest BCUT2D eigenvalue weighted by Crippen LogP contribution is -2.26. The van der Waals surface area contributed by atoms with E-state index in [1.54, 1.807) is 0 Å². The van der Waals surface area contributed by atoms with Crippen molar-refractivity contribution in [1.82, 2.24) is 20.5 Å². The molecule has 0 unspecified atom stereocenters. The number of carboxylic acids is 1. The highest BCUT2D eigenvalue weighted by molar-refractivity contribution is 5.80. The van der Waals surface area contributed by atoms with Gasteiger partial charge < -0.3 is 10.4 Å². The first-order chi connectivity index (χ1) is 7.18. The Hall–Kier alpha value is -1.92. The van der Waals surface area contributed by atoms with Crippen LogP contribution in [0.25, 0.3) is 0 Å². The molecule has 0 fully saturated rings. The number of carbonyl (C=O) groups is 2. The maximum absolute atomic E-state index is 11.1. The summed E-state index contributed by atoms with van der Waals surface area (Å²) >= 11 is 0. The lowest BCUT2D eigenvalue weighted by molar-refractivity contribution is -0.138. The molecule has 7 nitrogen and oxygen atoms in total. The molecule has 3 N–H and O–H groups in total. The predicted octanol–water partition coefficient (Wildman–Crippen LogP) is -0.672. The molecule has 0 bridgehead atoms. The molecule has 0 saturated heterocycles. The second-order valence-corrected chi connectivity index (χ2v) is 2.93. The number of hydrogen-bond donors (Lipinski definition) is 3. The van der Waals surface area contributed by atoms with Gasteiger partial charge in [-0.1, -0.05) is 0 Å². The Labute approximate surface area is 85.9 Å². The van der Waals surface area contributed by atoms with E-state index in [9.17, 15) is 9.59 Å². The standard InChI is InChI=1S/C8H12N4O3/c13-7(1-2-8(14)15)9-4-3-6-10-5-11-12-6/h5H,1-4H2,(H,9,13)(H,14,15)(H,10,11,12). The summed E-state index contributed by atoms with van der Waals surface area (Å²) < 4.78 is 0. The second kappa shape index (κ2) is 5.74. The van der Waals surface area contributed by atoms with Crippen molar-refractivity contribution in [1.29, 1.82) is 0 Å². The molecule has 0 saturated carbocycles. The fourth-order valence-corrected chi connectivity index (χ4v) is 0.980. The number of hydrogen-bond acceptors (Lipinski definition) is 4. The normalized spacial score (nSPS) is 9.87. The Morgan fingerprint density at radius 1 is 1.47 bits per heavy atom. The van der Waals surface area contributed by atoms with Crippen LogP contribution in [0.5, 0.6) is 0 Å². The van der Waals surface area contributed by atoms with Crippen LogP contribution in [-0.4, -0.2) is 38.7 Å². The molecule has 15 heavy (non-hydrogen) atoms. The quantitative estimate of drug-likeness (QED) is 0.579. The first kappa shape index (κ1) is 11.2. The molecule has 1 aromatic heterocycles. The molecular weight excluding hydrogens is 200 g/mol. The number of H-pyrrole nitrogens is 1. The molecule has 1 amide bonds. The molecule has 0 radical (unpaired) electrons. The highest BCUT2D eigenvalue weighted by atomic mass is 16.4. The minimum atomic E-state index is -0.972. The van der Waals surface area contributed by atoms with Crippen LogP contribution in [0, 0.1) is 0 Å². The lowest BCUT2D eigenvalue weighted by atomic mass is 10.3. The average Bonchev–Trinajstić information content (AvgIpc) is 2.67. The third kappa shape index (κ3) is 4.75. The lowest BCUT2D eigenvalue weighted by Gasteiger charge is -2.01. The number of aliphatic carboxylic acids is 1. The van der Waals surface area contributed by atoms with Crippen molar-refractivity contribution >= 4 is 11.9 Å². The third-order valence-corrected chi connectivity index (χ3v) is 1.71. The van der Waals surface area contributed by atoms with Crippen molar-refractivity contribution in [2.24, 2.45) is 0 Å². The van der Waals surface area contributed by atoms with Crippen LogP contribution in [0.4, 0.5) is 0 Å². The van der Waals surface area contributed by atoms with Crippen molar-refractivity contribution < 1.29 is 14.7 Å². The molecule has 0 aliphatic rings. The van der Waals surface area contributed by atoms with Crippen LogP contribution in [0.3, 0.4) is 0 Å². The summed E-state index contributed by atoms with van der Waals surface area (Å²) in [6, 6.07) is 0. The second-order valence-electron chi connectivity index (χ2n) is 2.93. The van der Waals surface area contributed by atoms with Gasteiger partial charge in [-0.3, -0.25) is 14.7 Å². The number of aromatic amines is 1. The summed E-state index contributed by atoms with van der Waals surface area (Å²) in [6.45, 7) is 0.424. The van der Waals surface area contributed by atoms with E-state index in [4.69, 9.17) is 5.11 Å². The van der Waals surface area contributed by atoms with Gasteiger partial charge in [0, 0.05) is 19.4 Å². The summed E-state index contributed by atoms with van der Waals surface area (Å²) in [5, 5.41) is 17.2. The largest absolute Gasteiger partial charge is 0.481 e. The van der Waals surface area contributed by atoms with Gasteiger partial charge in [-0.2, -0.15) is 5.10 Å². The molecule has 0 spiro atoms. The van der Waals surface area contributed by atoms with Crippen LogP contribution >= 0.6 is 0 Å². The maximum Gasteiger partial charge on any atom is 0.303 e. The Morgan fingerprint density at radius 3 is 2.87 bits per heavy atom. The maximum atomic E-state index is 11.1. The van der Waals surface area contributed by atoms with Gasteiger partial charge in [-0.25, -0.2) is 4.98 Å². The smallest absolute Gasteiger partial charge is 0.303 e. The van der Waals surface area contributed by atoms with Crippen molar-refractivity contribution in [3.05, 3.63) is 12.2 Å². The minimum absolute atomic E-state index is 0.00569. The van der Waals surface area contributed by atoms with E-state index in [2.05, 4.69) is 20.5 Å². The Balaban J connectivity index is 2.09. The molecule has 82 valence electrons. The van der Waals surface area contributed by atoms with E-state index in [-0.39, 0.29) is 18.7 Å². The fourth-order valence-electron chi connectivity index (χ4n) is 0.980. The molecule has 1 rings (SSSR count). The zero-order valence-corrected chi connectivity index (χ0v) is 8.06. The number of carbonyl (C=O) groups excluding carboxylic acids is 1. The summed E-state index contributed by atoms with van der Waals surface area (Å²) in [5.41, 5.74) is 0. The molecule has 7 heteroatoms. The van der Waals surface area contributed by atoms with E-state index in [1.807, 2.05) is 0 Å². The summed E-state index contributed by atoms with van der Waals surface area (Å²) in [7, 11) is 0. The van der Waals surface area contributed by atoms with Gasteiger partial charge in [-0.05, 0) is 0 Å². The monoisotopic (exact) mass is 212 g/mol. The van der Waals surface area contributed by atoms with Gasteiger partial charge in [0.1, 0.15) is 12.2 Å². The Morgan fingerprint density at radius 2 is 2.27 bits per heavy atom. The first-order valence-electron chi connectivity index (χ1n) is 4.51. The highest BCUT2D eigenvalue weighted by Crippen LogP contribution is 1.90. The minimum Gasteiger partial charge on any atom is -0.481 e. The van der Waals surface area contributed by atoms with Gasteiger partial charge in [-0.15, -0.1) is 0 Å². The van der Waals surface area contributed by atoms with Crippen LogP contribution in [0.1, 0.15) is 18.7 Å². The molecular formula is C8H12N4O3. The molecule has 1 aromatic rings.